The highest BCUT2D eigenvalue weighted by atomic mass is 16.6. The molecule has 0 aromatic heterocycles. The topological polar surface area (TPSA) is 70.2 Å². The van der Waals surface area contributed by atoms with Gasteiger partial charge in [0.25, 0.3) is 5.69 Å². The molecule has 0 bridgehead atoms. The number of allylic oxidation sites excluding steroid dienone is 1. The van der Waals surface area contributed by atoms with Crippen molar-refractivity contribution >= 4 is 17.5 Å². The Hall–Kier alpha value is -2.35. The predicted molar refractivity (Wildman–Crippen MR) is 62.1 cm³/mol. The summed E-state index contributed by atoms with van der Waals surface area (Å²) in [5.41, 5.74) is 1.33. The largest absolute Gasteiger partial charge is 0.372 e. The van der Waals surface area contributed by atoms with E-state index >= 15 is 0 Å². The molecule has 1 aromatic rings. The molecule has 82 valence electrons. The molecular formula is C11H11N3O2. The van der Waals surface area contributed by atoms with E-state index in [1.165, 1.54) is 12.1 Å². The fraction of sp³-hybridized carbons (Fsp3) is 0.182. The first-order chi connectivity index (χ1) is 7.56. The van der Waals surface area contributed by atoms with Crippen molar-refractivity contribution in [2.75, 3.05) is 19.0 Å². The van der Waals surface area contributed by atoms with E-state index in [9.17, 15) is 10.1 Å². The van der Waals surface area contributed by atoms with Crippen molar-refractivity contribution < 1.29 is 4.92 Å². The van der Waals surface area contributed by atoms with Crippen LogP contribution in [0.4, 0.5) is 11.4 Å². The highest BCUT2D eigenvalue weighted by Gasteiger charge is 2.14. The molecule has 5 heteroatoms. The molecule has 0 aliphatic heterocycles. The van der Waals surface area contributed by atoms with Gasteiger partial charge in [0.15, 0.2) is 0 Å². The maximum absolute atomic E-state index is 10.8. The summed E-state index contributed by atoms with van der Waals surface area (Å²) in [6.07, 6.45) is 2.94. The van der Waals surface area contributed by atoms with Crippen molar-refractivity contribution in [3.05, 3.63) is 40.0 Å². The Morgan fingerprint density at radius 3 is 2.69 bits per heavy atom. The van der Waals surface area contributed by atoms with Crippen molar-refractivity contribution in [1.29, 1.82) is 5.26 Å². The van der Waals surface area contributed by atoms with Gasteiger partial charge in [-0.1, -0.05) is 0 Å². The summed E-state index contributed by atoms with van der Waals surface area (Å²) >= 11 is 0. The van der Waals surface area contributed by atoms with E-state index in [1.807, 2.05) is 6.07 Å². The van der Waals surface area contributed by atoms with E-state index in [4.69, 9.17) is 5.26 Å². The van der Waals surface area contributed by atoms with Crippen LogP contribution in [0.2, 0.25) is 0 Å². The average molecular weight is 217 g/mol. The first kappa shape index (κ1) is 11.7. The number of nitro groups is 1. The van der Waals surface area contributed by atoms with E-state index in [2.05, 4.69) is 0 Å². The number of nitriles is 1. The van der Waals surface area contributed by atoms with Gasteiger partial charge in [-0.05, 0) is 23.8 Å². The lowest BCUT2D eigenvalue weighted by molar-refractivity contribution is -0.384. The smallest absolute Gasteiger partial charge is 0.292 e. The quantitative estimate of drug-likeness (QED) is 0.442. The van der Waals surface area contributed by atoms with Gasteiger partial charge >= 0.3 is 0 Å². The number of anilines is 1. The molecule has 1 aromatic carbocycles. The van der Waals surface area contributed by atoms with Gasteiger partial charge in [-0.15, -0.1) is 0 Å². The normalized spacial score (nSPS) is 10.1. The second-order valence-corrected chi connectivity index (χ2v) is 3.36. The van der Waals surface area contributed by atoms with Crippen LogP contribution in [-0.4, -0.2) is 19.0 Å². The molecule has 0 saturated carbocycles. The van der Waals surface area contributed by atoms with Crippen LogP contribution < -0.4 is 4.90 Å². The fourth-order valence-corrected chi connectivity index (χ4v) is 1.29. The summed E-state index contributed by atoms with van der Waals surface area (Å²) in [6, 6.07) is 6.59. The Labute approximate surface area is 93.4 Å². The van der Waals surface area contributed by atoms with Crippen molar-refractivity contribution in [1.82, 2.24) is 0 Å². The van der Waals surface area contributed by atoms with E-state index < -0.39 is 4.92 Å². The molecule has 0 radical (unpaired) electrons. The van der Waals surface area contributed by atoms with Gasteiger partial charge in [-0.3, -0.25) is 10.1 Å². The maximum atomic E-state index is 10.8. The Balaban J connectivity index is 3.24. The summed E-state index contributed by atoms with van der Waals surface area (Å²) in [7, 11) is 3.47. The second kappa shape index (κ2) is 4.94. The zero-order chi connectivity index (χ0) is 12.1. The predicted octanol–water partition coefficient (Wildman–Crippen LogP) is 2.20. The van der Waals surface area contributed by atoms with Gasteiger partial charge in [-0.2, -0.15) is 5.26 Å². The van der Waals surface area contributed by atoms with Crippen LogP contribution in [0.15, 0.2) is 24.3 Å². The van der Waals surface area contributed by atoms with Gasteiger partial charge in [0.2, 0.25) is 0 Å². The summed E-state index contributed by atoms with van der Waals surface area (Å²) in [4.78, 5) is 12.0. The first-order valence-corrected chi connectivity index (χ1v) is 4.58. The minimum absolute atomic E-state index is 0.0547. The first-order valence-electron chi connectivity index (χ1n) is 4.58. The van der Waals surface area contributed by atoms with Crippen molar-refractivity contribution in [3.8, 4) is 6.07 Å². The molecule has 0 fully saturated rings. The molecule has 0 atom stereocenters. The number of nitro benzene ring substituents is 1. The highest BCUT2D eigenvalue weighted by Crippen LogP contribution is 2.27. The molecule has 0 saturated heterocycles. The van der Waals surface area contributed by atoms with E-state index in [-0.39, 0.29) is 5.69 Å². The number of hydrogen-bond acceptors (Lipinski definition) is 4. The van der Waals surface area contributed by atoms with Crippen LogP contribution in [0.1, 0.15) is 5.56 Å². The number of nitrogens with zero attached hydrogens (tertiary/aromatic N) is 3. The molecule has 0 heterocycles. The Morgan fingerprint density at radius 2 is 2.19 bits per heavy atom. The van der Waals surface area contributed by atoms with E-state index in [0.717, 1.165) is 5.56 Å². The van der Waals surface area contributed by atoms with Crippen LogP contribution in [0, 0.1) is 21.4 Å². The Bertz CT molecular complexity index is 473. The van der Waals surface area contributed by atoms with Gasteiger partial charge in [0.05, 0.1) is 11.0 Å². The Morgan fingerprint density at radius 1 is 1.50 bits per heavy atom. The maximum Gasteiger partial charge on any atom is 0.292 e. The standard InChI is InChI=1S/C11H11N3O2/c1-13(2)11-8-9(4-3-7-12)5-6-10(11)14(15)16/h3-6,8H,1-2H3. The lowest BCUT2D eigenvalue weighted by Gasteiger charge is -2.12. The molecule has 16 heavy (non-hydrogen) atoms. The minimum Gasteiger partial charge on any atom is -0.372 e. The molecule has 0 N–H and O–H groups in total. The third-order valence-corrected chi connectivity index (χ3v) is 2.03. The molecule has 0 unspecified atom stereocenters. The molecule has 1 rings (SSSR count). The fourth-order valence-electron chi connectivity index (χ4n) is 1.29. The summed E-state index contributed by atoms with van der Waals surface area (Å²) in [6.45, 7) is 0. The van der Waals surface area contributed by atoms with Gasteiger partial charge in [0, 0.05) is 26.2 Å². The third-order valence-electron chi connectivity index (χ3n) is 2.03. The molecule has 0 aliphatic rings. The van der Waals surface area contributed by atoms with Crippen molar-refractivity contribution in [2.45, 2.75) is 0 Å². The molecule has 0 spiro atoms. The number of rotatable bonds is 3. The van der Waals surface area contributed by atoms with Crippen molar-refractivity contribution in [2.24, 2.45) is 0 Å². The zero-order valence-electron chi connectivity index (χ0n) is 9.04. The van der Waals surface area contributed by atoms with Crippen LogP contribution in [0.3, 0.4) is 0 Å². The SMILES string of the molecule is CN(C)c1cc(C=CC#N)ccc1[N+](=O)[O-]. The van der Waals surface area contributed by atoms with Crippen molar-refractivity contribution in [3.63, 3.8) is 0 Å². The number of hydrogen-bond donors (Lipinski definition) is 0. The van der Waals surface area contributed by atoms with Crippen LogP contribution >= 0.6 is 0 Å². The van der Waals surface area contributed by atoms with E-state index in [0.29, 0.717) is 5.69 Å². The lowest BCUT2D eigenvalue weighted by atomic mass is 10.1. The van der Waals surface area contributed by atoms with E-state index in [1.54, 1.807) is 37.2 Å². The zero-order valence-corrected chi connectivity index (χ0v) is 9.04. The van der Waals surface area contributed by atoms with Gasteiger partial charge in [0.1, 0.15) is 5.69 Å². The van der Waals surface area contributed by atoms with Crippen LogP contribution in [-0.2, 0) is 0 Å². The number of benzene rings is 1. The van der Waals surface area contributed by atoms with Crippen LogP contribution in [0.5, 0.6) is 0 Å². The summed E-state index contributed by atoms with van der Waals surface area (Å²) in [5.74, 6) is 0. The lowest BCUT2D eigenvalue weighted by Crippen LogP contribution is -2.11. The molecule has 0 aliphatic carbocycles. The summed E-state index contributed by atoms with van der Waals surface area (Å²) < 4.78 is 0. The monoisotopic (exact) mass is 217 g/mol. The van der Waals surface area contributed by atoms with Gasteiger partial charge in [-0.25, -0.2) is 0 Å². The molecular weight excluding hydrogens is 206 g/mol. The van der Waals surface area contributed by atoms with Gasteiger partial charge < -0.3 is 4.90 Å². The van der Waals surface area contributed by atoms with Crippen LogP contribution in [0.25, 0.3) is 6.08 Å². The Kier molecular flexibility index (Phi) is 3.62. The molecule has 5 nitrogen and oxygen atoms in total. The summed E-state index contributed by atoms with van der Waals surface area (Å²) in [5, 5.41) is 19.2. The minimum atomic E-state index is -0.423. The second-order valence-electron chi connectivity index (χ2n) is 3.36. The average Bonchev–Trinajstić information content (AvgIpc) is 2.25. The highest BCUT2D eigenvalue weighted by molar-refractivity contribution is 5.68. The third kappa shape index (κ3) is 2.58. The molecule has 0 amide bonds.